The van der Waals surface area contributed by atoms with Crippen molar-refractivity contribution in [1.82, 2.24) is 29.1 Å². The van der Waals surface area contributed by atoms with Gasteiger partial charge in [0.2, 0.25) is 17.4 Å². The fraction of sp³-hybridized carbons (Fsp3) is 0.136. The van der Waals surface area contributed by atoms with E-state index in [4.69, 9.17) is 10.2 Å². The van der Waals surface area contributed by atoms with Crippen LogP contribution >= 0.6 is 0 Å². The summed E-state index contributed by atoms with van der Waals surface area (Å²) in [6.45, 7) is 1.76. The van der Waals surface area contributed by atoms with E-state index in [9.17, 15) is 13.6 Å². The van der Waals surface area contributed by atoms with Crippen LogP contribution < -0.4 is 11.3 Å². The summed E-state index contributed by atoms with van der Waals surface area (Å²) in [5, 5.41) is 4.32. The lowest BCUT2D eigenvalue weighted by atomic mass is 10.1. The van der Waals surface area contributed by atoms with Gasteiger partial charge in [-0.3, -0.25) is 4.79 Å². The zero-order valence-electron chi connectivity index (χ0n) is 17.6. The van der Waals surface area contributed by atoms with Crippen LogP contribution in [0, 0.1) is 18.6 Å². The van der Waals surface area contributed by atoms with Gasteiger partial charge in [0, 0.05) is 36.9 Å². The maximum Gasteiger partial charge on any atom is 0.250 e. The van der Waals surface area contributed by atoms with Crippen LogP contribution in [0.1, 0.15) is 17.1 Å². The summed E-state index contributed by atoms with van der Waals surface area (Å²) in [4.78, 5) is 25.2. The van der Waals surface area contributed by atoms with E-state index < -0.39 is 11.6 Å². The molecular formula is C22H17F2N7O2. The quantitative estimate of drug-likeness (QED) is 0.448. The van der Waals surface area contributed by atoms with Crippen LogP contribution in [0.25, 0.3) is 28.4 Å². The van der Waals surface area contributed by atoms with Gasteiger partial charge in [-0.05, 0) is 25.1 Å². The number of anilines is 1. The third-order valence-corrected chi connectivity index (χ3v) is 5.15. The number of hydrogen-bond acceptors (Lipinski definition) is 7. The molecule has 0 bridgehead atoms. The van der Waals surface area contributed by atoms with E-state index in [-0.39, 0.29) is 40.9 Å². The van der Waals surface area contributed by atoms with Gasteiger partial charge in [-0.1, -0.05) is 6.07 Å². The SMILES string of the molecule is Cc1coc(-c2nc(N)n3nc(Cc4c(F)cccc4F)nc3c2-c2ccc(=O)n(C)c2)n1. The topological polar surface area (TPSA) is 117 Å². The maximum atomic E-state index is 14.2. The first-order valence-corrected chi connectivity index (χ1v) is 9.89. The summed E-state index contributed by atoms with van der Waals surface area (Å²) in [5.41, 5.74) is 8.02. The Morgan fingerprint density at radius 3 is 2.52 bits per heavy atom. The van der Waals surface area contributed by atoms with Crippen molar-refractivity contribution in [2.24, 2.45) is 7.05 Å². The molecule has 0 amide bonds. The molecule has 166 valence electrons. The molecule has 0 unspecified atom stereocenters. The average Bonchev–Trinajstić information content (AvgIpc) is 3.39. The maximum absolute atomic E-state index is 14.2. The Hall–Kier alpha value is -4.41. The highest BCUT2D eigenvalue weighted by Gasteiger charge is 2.23. The molecule has 0 aliphatic carbocycles. The number of aryl methyl sites for hydroxylation is 2. The first kappa shape index (κ1) is 20.5. The van der Waals surface area contributed by atoms with Crippen LogP contribution in [0.4, 0.5) is 14.7 Å². The molecule has 0 aliphatic rings. The van der Waals surface area contributed by atoms with Crippen molar-refractivity contribution < 1.29 is 13.2 Å². The van der Waals surface area contributed by atoms with Gasteiger partial charge >= 0.3 is 0 Å². The standard InChI is InChI=1S/C22H17F2N7O2/c1-11-10-33-21(26-11)19-18(12-6-7-17(32)30(2)9-12)20-27-16(29-31(20)22(25)28-19)8-13-14(23)4-3-5-15(13)24/h3-7,9-10H,8H2,1-2H3,(H2,25,28). The Balaban J connectivity index is 1.77. The number of halogens is 2. The molecule has 5 rings (SSSR count). The summed E-state index contributed by atoms with van der Waals surface area (Å²) in [6, 6.07) is 6.64. The molecule has 0 spiro atoms. The van der Waals surface area contributed by atoms with Crippen molar-refractivity contribution in [3.63, 3.8) is 0 Å². The van der Waals surface area contributed by atoms with Crippen LogP contribution in [-0.2, 0) is 13.5 Å². The third-order valence-electron chi connectivity index (χ3n) is 5.15. The molecule has 0 radical (unpaired) electrons. The van der Waals surface area contributed by atoms with Crippen molar-refractivity contribution in [2.45, 2.75) is 13.3 Å². The van der Waals surface area contributed by atoms with E-state index in [1.165, 1.54) is 39.6 Å². The second kappa shape index (κ2) is 7.62. The van der Waals surface area contributed by atoms with Gasteiger partial charge in [-0.25, -0.2) is 23.7 Å². The zero-order valence-corrected chi connectivity index (χ0v) is 17.6. The van der Waals surface area contributed by atoms with Gasteiger partial charge in [-0.2, -0.15) is 4.52 Å². The smallest absolute Gasteiger partial charge is 0.250 e. The number of oxazole rings is 1. The Labute approximate surface area is 185 Å². The van der Waals surface area contributed by atoms with Crippen molar-refractivity contribution in [3.05, 3.63) is 81.9 Å². The fourth-order valence-corrected chi connectivity index (χ4v) is 3.56. The molecule has 11 heteroatoms. The fourth-order valence-electron chi connectivity index (χ4n) is 3.56. The second-order valence-electron chi connectivity index (χ2n) is 7.49. The minimum absolute atomic E-state index is 0.0165. The molecule has 4 aromatic heterocycles. The number of hydrogen-bond donors (Lipinski definition) is 1. The van der Waals surface area contributed by atoms with Gasteiger partial charge in [0.1, 0.15) is 23.6 Å². The van der Waals surface area contributed by atoms with Crippen molar-refractivity contribution >= 4 is 11.6 Å². The molecule has 4 heterocycles. The van der Waals surface area contributed by atoms with Gasteiger partial charge in [-0.15, -0.1) is 5.10 Å². The molecule has 0 saturated heterocycles. The summed E-state index contributed by atoms with van der Waals surface area (Å²) in [5.74, 6) is -1.07. The minimum Gasteiger partial charge on any atom is -0.443 e. The predicted octanol–water partition coefficient (Wildman–Crippen LogP) is 2.90. The number of fused-ring (bicyclic) bond motifs is 1. The second-order valence-corrected chi connectivity index (χ2v) is 7.49. The summed E-state index contributed by atoms with van der Waals surface area (Å²) in [6.07, 6.45) is 2.89. The first-order valence-electron chi connectivity index (χ1n) is 9.89. The van der Waals surface area contributed by atoms with Gasteiger partial charge in [0.05, 0.1) is 11.3 Å². The van der Waals surface area contributed by atoms with E-state index >= 15 is 0 Å². The number of benzene rings is 1. The Morgan fingerprint density at radius 2 is 1.85 bits per heavy atom. The molecule has 5 aromatic rings. The molecular weight excluding hydrogens is 432 g/mol. The van der Waals surface area contributed by atoms with Crippen LogP contribution in [0.2, 0.25) is 0 Å². The molecule has 0 fully saturated rings. The molecule has 9 nitrogen and oxygen atoms in total. The van der Waals surface area contributed by atoms with E-state index in [0.717, 1.165) is 0 Å². The van der Waals surface area contributed by atoms with Crippen molar-refractivity contribution in [3.8, 4) is 22.7 Å². The van der Waals surface area contributed by atoms with Gasteiger partial charge in [0.25, 0.3) is 0 Å². The van der Waals surface area contributed by atoms with Crippen LogP contribution in [0.5, 0.6) is 0 Å². The average molecular weight is 449 g/mol. The van der Waals surface area contributed by atoms with Crippen molar-refractivity contribution in [1.29, 1.82) is 0 Å². The van der Waals surface area contributed by atoms with Gasteiger partial charge < -0.3 is 14.7 Å². The normalized spacial score (nSPS) is 11.4. The summed E-state index contributed by atoms with van der Waals surface area (Å²) < 4.78 is 36.6. The molecule has 33 heavy (non-hydrogen) atoms. The molecule has 1 aromatic carbocycles. The van der Waals surface area contributed by atoms with E-state index in [0.29, 0.717) is 22.5 Å². The summed E-state index contributed by atoms with van der Waals surface area (Å²) in [7, 11) is 1.61. The van der Waals surface area contributed by atoms with Crippen LogP contribution in [0.3, 0.4) is 0 Å². The molecule has 0 saturated carbocycles. The highest BCUT2D eigenvalue weighted by molar-refractivity contribution is 5.88. The lowest BCUT2D eigenvalue weighted by Gasteiger charge is -2.10. The Kier molecular flexibility index (Phi) is 4.73. The van der Waals surface area contributed by atoms with Crippen LogP contribution in [-0.4, -0.2) is 29.1 Å². The largest absolute Gasteiger partial charge is 0.443 e. The number of nitrogen functional groups attached to an aromatic ring is 1. The zero-order chi connectivity index (χ0) is 23.3. The number of aromatic nitrogens is 6. The highest BCUT2D eigenvalue weighted by atomic mass is 19.1. The minimum atomic E-state index is -0.700. The van der Waals surface area contributed by atoms with Crippen molar-refractivity contribution in [2.75, 3.05) is 5.73 Å². The van der Waals surface area contributed by atoms with E-state index in [1.807, 2.05) is 0 Å². The number of nitrogens with two attached hydrogens (primary N) is 1. The predicted molar refractivity (Wildman–Crippen MR) is 115 cm³/mol. The molecule has 2 N–H and O–H groups in total. The van der Waals surface area contributed by atoms with E-state index in [2.05, 4.69) is 20.1 Å². The molecule has 0 atom stereocenters. The van der Waals surface area contributed by atoms with Crippen LogP contribution in [0.15, 0.2) is 52.0 Å². The number of nitrogens with zero attached hydrogens (tertiary/aromatic N) is 6. The highest BCUT2D eigenvalue weighted by Crippen LogP contribution is 2.34. The first-order chi connectivity index (χ1) is 15.8. The number of pyridine rings is 1. The third kappa shape index (κ3) is 3.53. The lowest BCUT2D eigenvalue weighted by Crippen LogP contribution is -2.14. The Bertz CT molecular complexity index is 1570. The Morgan fingerprint density at radius 1 is 1.09 bits per heavy atom. The number of rotatable bonds is 4. The lowest BCUT2D eigenvalue weighted by molar-refractivity contribution is 0.559. The molecule has 0 aliphatic heterocycles. The van der Waals surface area contributed by atoms with E-state index in [1.54, 1.807) is 26.2 Å². The summed E-state index contributed by atoms with van der Waals surface area (Å²) >= 11 is 0. The van der Waals surface area contributed by atoms with Gasteiger partial charge in [0.15, 0.2) is 11.5 Å². The monoisotopic (exact) mass is 449 g/mol.